The first-order valence-electron chi connectivity index (χ1n) is 4.47. The Balaban J connectivity index is 2.79. The van der Waals surface area contributed by atoms with Crippen molar-refractivity contribution in [1.82, 2.24) is 0 Å². The molecule has 0 saturated heterocycles. The Morgan fingerprint density at radius 2 is 1.69 bits per heavy atom. The maximum absolute atomic E-state index is 9.72. The largest absolute Gasteiger partial charge is 0.497 e. The first-order chi connectivity index (χ1) is 6.15. The van der Waals surface area contributed by atoms with Gasteiger partial charge in [0.2, 0.25) is 0 Å². The molecule has 1 aromatic carbocycles. The van der Waals surface area contributed by atoms with Gasteiger partial charge in [-0.05, 0) is 23.6 Å². The van der Waals surface area contributed by atoms with Crippen molar-refractivity contribution in [2.24, 2.45) is 5.92 Å². The summed E-state index contributed by atoms with van der Waals surface area (Å²) < 4.78 is 5.03. The molecule has 0 aromatic heterocycles. The van der Waals surface area contributed by atoms with E-state index in [1.54, 1.807) is 7.11 Å². The minimum absolute atomic E-state index is 0.244. The summed E-state index contributed by atoms with van der Waals surface area (Å²) in [7, 11) is 1.63. The summed E-state index contributed by atoms with van der Waals surface area (Å²) in [6.07, 6.45) is -0.383. The molecular weight excluding hydrogens is 164 g/mol. The Hall–Kier alpha value is -1.02. The quantitative estimate of drug-likeness (QED) is 0.773. The molecule has 0 saturated carbocycles. The van der Waals surface area contributed by atoms with E-state index in [4.69, 9.17) is 4.74 Å². The van der Waals surface area contributed by atoms with Crippen molar-refractivity contribution in [2.75, 3.05) is 7.11 Å². The summed E-state index contributed by atoms with van der Waals surface area (Å²) in [5, 5.41) is 9.72. The molecule has 1 rings (SSSR count). The van der Waals surface area contributed by atoms with Gasteiger partial charge in [0.15, 0.2) is 0 Å². The van der Waals surface area contributed by atoms with E-state index in [0.717, 1.165) is 11.3 Å². The van der Waals surface area contributed by atoms with Crippen molar-refractivity contribution >= 4 is 0 Å². The Kier molecular flexibility index (Phi) is 3.32. The predicted molar refractivity (Wildman–Crippen MR) is 52.8 cm³/mol. The van der Waals surface area contributed by atoms with Crippen molar-refractivity contribution in [3.8, 4) is 5.75 Å². The number of rotatable bonds is 3. The molecular formula is C11H16O2. The molecule has 0 aliphatic rings. The number of aliphatic hydroxyl groups excluding tert-OH is 1. The topological polar surface area (TPSA) is 29.5 Å². The molecule has 0 bridgehead atoms. The van der Waals surface area contributed by atoms with Crippen molar-refractivity contribution in [2.45, 2.75) is 20.0 Å². The minimum Gasteiger partial charge on any atom is -0.497 e. The van der Waals surface area contributed by atoms with Gasteiger partial charge in [0.05, 0.1) is 13.2 Å². The summed E-state index contributed by atoms with van der Waals surface area (Å²) in [5.74, 6) is 1.06. The summed E-state index contributed by atoms with van der Waals surface area (Å²) in [5.41, 5.74) is 0.941. The van der Waals surface area contributed by atoms with E-state index < -0.39 is 0 Å². The highest BCUT2D eigenvalue weighted by molar-refractivity contribution is 5.28. The van der Waals surface area contributed by atoms with Crippen LogP contribution in [0.1, 0.15) is 25.5 Å². The van der Waals surface area contributed by atoms with E-state index in [1.165, 1.54) is 0 Å². The van der Waals surface area contributed by atoms with E-state index in [-0.39, 0.29) is 12.0 Å². The smallest absolute Gasteiger partial charge is 0.118 e. The third-order valence-corrected chi connectivity index (χ3v) is 2.09. The van der Waals surface area contributed by atoms with Gasteiger partial charge in [-0.15, -0.1) is 0 Å². The molecule has 13 heavy (non-hydrogen) atoms. The second kappa shape index (κ2) is 4.28. The van der Waals surface area contributed by atoms with Crippen LogP contribution in [0.15, 0.2) is 24.3 Å². The van der Waals surface area contributed by atoms with Crippen LogP contribution in [0.2, 0.25) is 0 Å². The lowest BCUT2D eigenvalue weighted by Crippen LogP contribution is -2.04. The molecule has 1 N–H and O–H groups in total. The van der Waals surface area contributed by atoms with Crippen molar-refractivity contribution < 1.29 is 9.84 Å². The molecule has 72 valence electrons. The van der Waals surface area contributed by atoms with Crippen LogP contribution >= 0.6 is 0 Å². The third-order valence-electron chi connectivity index (χ3n) is 2.09. The summed E-state index contributed by atoms with van der Waals surface area (Å²) in [6, 6.07) is 7.51. The van der Waals surface area contributed by atoms with Gasteiger partial charge in [-0.3, -0.25) is 0 Å². The van der Waals surface area contributed by atoms with Crippen LogP contribution < -0.4 is 4.74 Å². The molecule has 0 aliphatic heterocycles. The standard InChI is InChI=1S/C11H16O2/c1-8(2)11(12)9-4-6-10(13-3)7-5-9/h4-8,11-12H,1-3H3/t11-/m0/s1. The number of ether oxygens (including phenoxy) is 1. The molecule has 2 heteroatoms. The number of methoxy groups -OCH3 is 1. The molecule has 0 fully saturated rings. The highest BCUT2D eigenvalue weighted by Gasteiger charge is 2.11. The van der Waals surface area contributed by atoms with Crippen molar-refractivity contribution in [3.05, 3.63) is 29.8 Å². The lowest BCUT2D eigenvalue weighted by molar-refractivity contribution is 0.127. The molecule has 0 amide bonds. The minimum atomic E-state index is -0.383. The fraction of sp³-hybridized carbons (Fsp3) is 0.455. The van der Waals surface area contributed by atoms with Crippen LogP contribution in [0.25, 0.3) is 0 Å². The lowest BCUT2D eigenvalue weighted by Gasteiger charge is -2.14. The monoisotopic (exact) mass is 180 g/mol. The Morgan fingerprint density at radius 1 is 1.15 bits per heavy atom. The second-order valence-corrected chi connectivity index (χ2v) is 3.46. The van der Waals surface area contributed by atoms with Crippen molar-refractivity contribution in [1.29, 1.82) is 0 Å². The van der Waals surface area contributed by atoms with E-state index in [9.17, 15) is 5.11 Å². The van der Waals surface area contributed by atoms with Gasteiger partial charge in [0.25, 0.3) is 0 Å². The Bertz CT molecular complexity index is 251. The number of hydrogen-bond acceptors (Lipinski definition) is 2. The summed E-state index contributed by atoms with van der Waals surface area (Å²) >= 11 is 0. The van der Waals surface area contributed by atoms with E-state index in [1.807, 2.05) is 38.1 Å². The molecule has 0 spiro atoms. The molecule has 0 heterocycles. The average molecular weight is 180 g/mol. The first kappa shape index (κ1) is 10.1. The van der Waals surface area contributed by atoms with Crippen LogP contribution in [0.3, 0.4) is 0 Å². The van der Waals surface area contributed by atoms with Gasteiger partial charge in [-0.25, -0.2) is 0 Å². The normalized spacial score (nSPS) is 13.0. The highest BCUT2D eigenvalue weighted by atomic mass is 16.5. The summed E-state index contributed by atoms with van der Waals surface area (Å²) in [6.45, 7) is 3.99. The zero-order chi connectivity index (χ0) is 9.84. The predicted octanol–water partition coefficient (Wildman–Crippen LogP) is 2.38. The zero-order valence-corrected chi connectivity index (χ0v) is 8.32. The van der Waals surface area contributed by atoms with E-state index in [2.05, 4.69) is 0 Å². The Labute approximate surface area is 79.2 Å². The van der Waals surface area contributed by atoms with Crippen LogP contribution in [0.5, 0.6) is 5.75 Å². The van der Waals surface area contributed by atoms with Crippen LogP contribution in [0, 0.1) is 5.92 Å². The fourth-order valence-corrected chi connectivity index (χ4v) is 1.19. The maximum atomic E-state index is 9.72. The van der Waals surface area contributed by atoms with Gasteiger partial charge < -0.3 is 9.84 Å². The van der Waals surface area contributed by atoms with Gasteiger partial charge in [0.1, 0.15) is 5.75 Å². The Morgan fingerprint density at radius 3 is 2.08 bits per heavy atom. The van der Waals surface area contributed by atoms with E-state index in [0.29, 0.717) is 0 Å². The molecule has 0 radical (unpaired) electrons. The van der Waals surface area contributed by atoms with Gasteiger partial charge in [-0.1, -0.05) is 26.0 Å². The SMILES string of the molecule is COc1ccc([C@@H](O)C(C)C)cc1. The van der Waals surface area contributed by atoms with Crippen molar-refractivity contribution in [3.63, 3.8) is 0 Å². The fourth-order valence-electron chi connectivity index (χ4n) is 1.19. The molecule has 0 unspecified atom stereocenters. The lowest BCUT2D eigenvalue weighted by atomic mass is 9.99. The zero-order valence-electron chi connectivity index (χ0n) is 8.32. The first-order valence-corrected chi connectivity index (χ1v) is 4.47. The second-order valence-electron chi connectivity index (χ2n) is 3.46. The average Bonchev–Trinajstić information content (AvgIpc) is 2.17. The number of hydrogen-bond donors (Lipinski definition) is 1. The highest BCUT2D eigenvalue weighted by Crippen LogP contribution is 2.22. The van der Waals surface area contributed by atoms with Crippen LogP contribution in [-0.4, -0.2) is 12.2 Å². The summed E-state index contributed by atoms with van der Waals surface area (Å²) in [4.78, 5) is 0. The van der Waals surface area contributed by atoms with Gasteiger partial charge in [0, 0.05) is 0 Å². The number of aliphatic hydroxyl groups is 1. The van der Waals surface area contributed by atoms with Crippen LogP contribution in [-0.2, 0) is 0 Å². The number of benzene rings is 1. The molecule has 0 aliphatic carbocycles. The van der Waals surface area contributed by atoms with E-state index >= 15 is 0 Å². The molecule has 1 atom stereocenters. The van der Waals surface area contributed by atoms with Gasteiger partial charge >= 0.3 is 0 Å². The maximum Gasteiger partial charge on any atom is 0.118 e. The molecule has 2 nitrogen and oxygen atoms in total. The van der Waals surface area contributed by atoms with Gasteiger partial charge in [-0.2, -0.15) is 0 Å². The van der Waals surface area contributed by atoms with Crippen LogP contribution in [0.4, 0.5) is 0 Å². The molecule has 1 aromatic rings. The third kappa shape index (κ3) is 2.46.